The molecular weight excluding hydrogens is 608 g/mol. The number of hydrogen-bond acceptors (Lipinski definition) is 8. The van der Waals surface area contributed by atoms with E-state index in [4.69, 9.17) is 23.7 Å². The van der Waals surface area contributed by atoms with E-state index < -0.39 is 11.9 Å². The zero-order valence-electron chi connectivity index (χ0n) is 27.8. The second kappa shape index (κ2) is 21.6. The van der Waals surface area contributed by atoms with Crippen molar-refractivity contribution in [1.29, 1.82) is 0 Å². The highest BCUT2D eigenvalue weighted by Crippen LogP contribution is 2.24. The minimum atomic E-state index is -0.580. The topological polar surface area (TPSA) is 97.4 Å². The highest BCUT2D eigenvalue weighted by molar-refractivity contribution is 5.93. The van der Waals surface area contributed by atoms with Crippen LogP contribution in [0.25, 0.3) is 23.3 Å². The molecule has 3 aromatic carbocycles. The lowest BCUT2D eigenvalue weighted by molar-refractivity contribution is -0.146. The van der Waals surface area contributed by atoms with Crippen molar-refractivity contribution in [2.24, 2.45) is 0 Å². The van der Waals surface area contributed by atoms with Gasteiger partial charge < -0.3 is 23.7 Å². The highest BCUT2D eigenvalue weighted by Gasteiger charge is 2.13. The lowest BCUT2D eigenvalue weighted by Crippen LogP contribution is -2.13. The molecule has 8 heteroatoms. The van der Waals surface area contributed by atoms with Crippen LogP contribution in [0, 0.1) is 0 Å². The lowest BCUT2D eigenvalue weighted by Gasteiger charge is -2.09. The standard InChI is InChI=1S/C40H46O8/c1-4-38(41)47-28-9-7-6-8-26-45-36-22-16-33(17-23-36)13-12-32-14-18-34(19-15-32)35-20-24-37(25-21-35)46-27-10-11-29-48-40(43)31(3)30-39(42)44-5-2/h4,12-25H,1,3,5-11,26-30H2,2H3/b13-12+. The SMILES string of the molecule is C=CC(=O)OCCCCCCOc1ccc(/C=C/c2ccc(-c3ccc(OCCCCOC(=O)C(=C)CC(=O)OCC)cc3)cc2)cc1. The van der Waals surface area contributed by atoms with Gasteiger partial charge in [-0.1, -0.05) is 73.8 Å². The summed E-state index contributed by atoms with van der Waals surface area (Å²) in [7, 11) is 0. The number of esters is 3. The molecule has 0 radical (unpaired) electrons. The van der Waals surface area contributed by atoms with Gasteiger partial charge in [0, 0.05) is 11.6 Å². The number of ether oxygens (including phenoxy) is 5. The summed E-state index contributed by atoms with van der Waals surface area (Å²) < 4.78 is 26.6. The fourth-order valence-corrected chi connectivity index (χ4v) is 4.50. The smallest absolute Gasteiger partial charge is 0.333 e. The van der Waals surface area contributed by atoms with Gasteiger partial charge in [0.25, 0.3) is 0 Å². The van der Waals surface area contributed by atoms with Crippen molar-refractivity contribution in [3.05, 3.63) is 109 Å². The van der Waals surface area contributed by atoms with Crippen LogP contribution in [0.5, 0.6) is 11.5 Å². The Morgan fingerprint density at radius 3 is 1.62 bits per heavy atom. The van der Waals surface area contributed by atoms with E-state index in [9.17, 15) is 14.4 Å². The van der Waals surface area contributed by atoms with Gasteiger partial charge in [0.15, 0.2) is 0 Å². The van der Waals surface area contributed by atoms with Crippen molar-refractivity contribution in [3.8, 4) is 22.6 Å². The minimum Gasteiger partial charge on any atom is -0.494 e. The molecule has 0 aliphatic carbocycles. The van der Waals surface area contributed by atoms with Crippen LogP contribution in [-0.2, 0) is 28.6 Å². The number of carbonyl (C=O) groups is 3. The van der Waals surface area contributed by atoms with Crippen LogP contribution in [0.15, 0.2) is 97.6 Å². The zero-order valence-corrected chi connectivity index (χ0v) is 27.8. The Labute approximate surface area is 284 Å². The molecule has 0 bridgehead atoms. The van der Waals surface area contributed by atoms with E-state index in [1.54, 1.807) is 6.92 Å². The van der Waals surface area contributed by atoms with E-state index in [2.05, 4.69) is 49.6 Å². The van der Waals surface area contributed by atoms with Gasteiger partial charge in [-0.05, 0) is 92.0 Å². The van der Waals surface area contributed by atoms with Crippen LogP contribution in [0.3, 0.4) is 0 Å². The normalized spacial score (nSPS) is 10.7. The van der Waals surface area contributed by atoms with Crippen molar-refractivity contribution in [1.82, 2.24) is 0 Å². The molecule has 3 aromatic rings. The molecule has 0 unspecified atom stereocenters. The third-order valence-electron chi connectivity index (χ3n) is 7.16. The summed E-state index contributed by atoms with van der Waals surface area (Å²) in [6.45, 7) is 10.8. The fourth-order valence-electron chi connectivity index (χ4n) is 4.50. The van der Waals surface area contributed by atoms with Gasteiger partial charge >= 0.3 is 17.9 Å². The van der Waals surface area contributed by atoms with Crippen LogP contribution in [0.4, 0.5) is 0 Å². The first-order chi connectivity index (χ1) is 23.4. The van der Waals surface area contributed by atoms with Crippen molar-refractivity contribution >= 4 is 30.1 Å². The number of carbonyl (C=O) groups excluding carboxylic acids is 3. The molecule has 0 N–H and O–H groups in total. The molecule has 0 atom stereocenters. The summed E-state index contributed by atoms with van der Waals surface area (Å²) in [5.74, 6) is 0.183. The zero-order chi connectivity index (χ0) is 34.4. The van der Waals surface area contributed by atoms with E-state index in [-0.39, 0.29) is 31.2 Å². The molecule has 3 rings (SSSR count). The Morgan fingerprint density at radius 2 is 1.06 bits per heavy atom. The number of hydrogen-bond donors (Lipinski definition) is 0. The van der Waals surface area contributed by atoms with Gasteiger partial charge in [-0.25, -0.2) is 9.59 Å². The van der Waals surface area contributed by atoms with Crippen LogP contribution in [0.2, 0.25) is 0 Å². The van der Waals surface area contributed by atoms with Crippen LogP contribution in [-0.4, -0.2) is 50.9 Å². The van der Waals surface area contributed by atoms with Gasteiger partial charge in [-0.15, -0.1) is 0 Å². The van der Waals surface area contributed by atoms with Crippen molar-refractivity contribution in [2.75, 3.05) is 33.0 Å². The largest absolute Gasteiger partial charge is 0.494 e. The third-order valence-corrected chi connectivity index (χ3v) is 7.16. The van der Waals surface area contributed by atoms with Crippen LogP contribution in [0.1, 0.15) is 63.0 Å². The first-order valence-electron chi connectivity index (χ1n) is 16.4. The second-order valence-corrected chi connectivity index (χ2v) is 11.0. The molecule has 48 heavy (non-hydrogen) atoms. The van der Waals surface area contributed by atoms with E-state index >= 15 is 0 Å². The molecule has 254 valence electrons. The molecule has 0 fully saturated rings. The number of unbranched alkanes of at least 4 members (excludes halogenated alkanes) is 4. The molecule has 0 amide bonds. The Hall–Kier alpha value is -5.11. The average Bonchev–Trinajstić information content (AvgIpc) is 3.10. The molecular formula is C40H46O8. The second-order valence-electron chi connectivity index (χ2n) is 11.0. The van der Waals surface area contributed by atoms with Crippen LogP contribution < -0.4 is 9.47 Å². The molecule has 0 saturated carbocycles. The Kier molecular flexibility index (Phi) is 16.8. The van der Waals surface area contributed by atoms with E-state index in [0.29, 0.717) is 32.7 Å². The first-order valence-corrected chi connectivity index (χ1v) is 16.4. The quantitative estimate of drug-likeness (QED) is 0.0350. The predicted molar refractivity (Wildman–Crippen MR) is 188 cm³/mol. The van der Waals surface area contributed by atoms with Crippen molar-refractivity contribution in [2.45, 2.75) is 51.9 Å². The maximum atomic E-state index is 11.9. The van der Waals surface area contributed by atoms with Gasteiger partial charge in [-0.3, -0.25) is 4.79 Å². The van der Waals surface area contributed by atoms with Gasteiger partial charge in [0.2, 0.25) is 0 Å². The van der Waals surface area contributed by atoms with Crippen molar-refractivity contribution in [3.63, 3.8) is 0 Å². The van der Waals surface area contributed by atoms with Crippen LogP contribution >= 0.6 is 0 Å². The fraction of sp³-hybridized carbons (Fsp3) is 0.325. The van der Waals surface area contributed by atoms with E-state index in [1.165, 1.54) is 6.08 Å². The van der Waals surface area contributed by atoms with Gasteiger partial charge in [0.1, 0.15) is 11.5 Å². The summed E-state index contributed by atoms with van der Waals surface area (Å²) in [6, 6.07) is 24.4. The Bertz CT molecular complexity index is 1470. The summed E-state index contributed by atoms with van der Waals surface area (Å²) in [4.78, 5) is 34.4. The molecule has 0 aliphatic heterocycles. The van der Waals surface area contributed by atoms with Gasteiger partial charge in [0.05, 0.1) is 39.5 Å². The van der Waals surface area contributed by atoms with E-state index in [0.717, 1.165) is 59.4 Å². The lowest BCUT2D eigenvalue weighted by atomic mass is 10.0. The Balaban J connectivity index is 1.31. The number of benzene rings is 3. The predicted octanol–water partition coefficient (Wildman–Crippen LogP) is 8.40. The summed E-state index contributed by atoms with van der Waals surface area (Å²) >= 11 is 0. The maximum absolute atomic E-state index is 11.9. The van der Waals surface area contributed by atoms with E-state index in [1.807, 2.05) is 48.5 Å². The number of rotatable bonds is 22. The summed E-state index contributed by atoms with van der Waals surface area (Å²) in [5.41, 5.74) is 4.49. The molecule has 0 spiro atoms. The monoisotopic (exact) mass is 654 g/mol. The minimum absolute atomic E-state index is 0.0899. The molecule has 0 aromatic heterocycles. The first kappa shape index (κ1) is 37.3. The molecule has 0 heterocycles. The maximum Gasteiger partial charge on any atom is 0.333 e. The Morgan fingerprint density at radius 1 is 0.604 bits per heavy atom. The van der Waals surface area contributed by atoms with Crippen molar-refractivity contribution < 1.29 is 38.1 Å². The third kappa shape index (κ3) is 14.5. The average molecular weight is 655 g/mol. The molecule has 8 nitrogen and oxygen atoms in total. The van der Waals surface area contributed by atoms with Gasteiger partial charge in [-0.2, -0.15) is 0 Å². The summed E-state index contributed by atoms with van der Waals surface area (Å²) in [5, 5.41) is 0. The highest BCUT2D eigenvalue weighted by atomic mass is 16.5. The molecule has 0 saturated heterocycles. The molecule has 0 aliphatic rings. The summed E-state index contributed by atoms with van der Waals surface area (Å²) in [6.07, 6.45) is 10.4.